The molecule has 0 spiro atoms. The number of nitrogens with zero attached hydrogens (tertiary/aromatic N) is 2. The fourth-order valence-electron chi connectivity index (χ4n) is 2.82. The quantitative estimate of drug-likeness (QED) is 0.662. The van der Waals surface area contributed by atoms with Crippen molar-refractivity contribution in [3.8, 4) is 0 Å². The first-order chi connectivity index (χ1) is 14.0. The highest BCUT2D eigenvalue weighted by Crippen LogP contribution is 2.21. The van der Waals surface area contributed by atoms with Crippen LogP contribution in [-0.4, -0.2) is 51.0 Å². The number of rotatable bonds is 8. The van der Waals surface area contributed by atoms with E-state index in [0.717, 1.165) is 22.7 Å². The summed E-state index contributed by atoms with van der Waals surface area (Å²) >= 11 is 6.20. The molecule has 0 aromatic heterocycles. The molecule has 0 aliphatic carbocycles. The van der Waals surface area contributed by atoms with Crippen LogP contribution in [0, 0.1) is 5.82 Å². The number of carbonyl (C=O) groups excluding carboxylic acids is 2. The van der Waals surface area contributed by atoms with E-state index in [1.807, 2.05) is 0 Å². The van der Waals surface area contributed by atoms with Gasteiger partial charge in [0.15, 0.2) is 0 Å². The monoisotopic (exact) mass is 455 g/mol. The number of amides is 2. The molecule has 0 fully saturated rings. The third-order valence-corrected chi connectivity index (χ3v) is 6.02. The van der Waals surface area contributed by atoms with Crippen molar-refractivity contribution in [2.75, 3.05) is 24.2 Å². The standard InChI is InChI=1S/C20H23ClFN3O4S/c1-14(20(27)23-2)24(12-15-6-4-5-7-18(15)21)19(26)13-25(30(3,28)29)17-10-8-16(22)9-11-17/h4-11,14H,12-13H2,1-3H3,(H,23,27)/t14-/m1/s1. The van der Waals surface area contributed by atoms with Gasteiger partial charge in [-0.05, 0) is 42.8 Å². The average molecular weight is 456 g/mol. The Morgan fingerprint density at radius 2 is 1.73 bits per heavy atom. The van der Waals surface area contributed by atoms with Crippen molar-refractivity contribution in [2.45, 2.75) is 19.5 Å². The van der Waals surface area contributed by atoms with Gasteiger partial charge in [0, 0.05) is 18.6 Å². The summed E-state index contributed by atoms with van der Waals surface area (Å²) in [5, 5.41) is 2.90. The van der Waals surface area contributed by atoms with Gasteiger partial charge in [-0.3, -0.25) is 13.9 Å². The van der Waals surface area contributed by atoms with Crippen molar-refractivity contribution in [1.29, 1.82) is 0 Å². The Bertz CT molecular complexity index is 1010. The fourth-order valence-corrected chi connectivity index (χ4v) is 3.87. The molecule has 2 aromatic carbocycles. The van der Waals surface area contributed by atoms with E-state index in [1.165, 1.54) is 31.0 Å². The van der Waals surface area contributed by atoms with Crippen molar-refractivity contribution in [3.63, 3.8) is 0 Å². The number of anilines is 1. The summed E-state index contributed by atoms with van der Waals surface area (Å²) in [5.41, 5.74) is 0.744. The van der Waals surface area contributed by atoms with Crippen molar-refractivity contribution in [3.05, 3.63) is 64.9 Å². The van der Waals surface area contributed by atoms with Gasteiger partial charge in [0.05, 0.1) is 11.9 Å². The summed E-state index contributed by atoms with van der Waals surface area (Å²) in [7, 11) is -2.41. The highest BCUT2D eigenvalue weighted by molar-refractivity contribution is 7.92. The van der Waals surface area contributed by atoms with Crippen LogP contribution in [0.2, 0.25) is 5.02 Å². The summed E-state index contributed by atoms with van der Waals surface area (Å²) in [6.07, 6.45) is 0.949. The highest BCUT2D eigenvalue weighted by atomic mass is 35.5. The molecule has 0 saturated carbocycles. The number of likely N-dealkylation sites (N-methyl/N-ethyl adjacent to an activating group) is 1. The minimum atomic E-state index is -3.86. The summed E-state index contributed by atoms with van der Waals surface area (Å²) in [6, 6.07) is 10.7. The van der Waals surface area contributed by atoms with E-state index in [-0.39, 0.29) is 12.2 Å². The lowest BCUT2D eigenvalue weighted by Gasteiger charge is -2.31. The molecule has 0 radical (unpaired) electrons. The zero-order valence-electron chi connectivity index (χ0n) is 16.8. The maximum atomic E-state index is 13.3. The lowest BCUT2D eigenvalue weighted by atomic mass is 10.1. The molecule has 30 heavy (non-hydrogen) atoms. The first kappa shape index (κ1) is 23.6. The zero-order valence-corrected chi connectivity index (χ0v) is 18.4. The summed E-state index contributed by atoms with van der Waals surface area (Å²) in [4.78, 5) is 26.6. The fraction of sp³-hybridized carbons (Fsp3) is 0.300. The minimum absolute atomic E-state index is 0.00805. The predicted molar refractivity (Wildman–Crippen MR) is 114 cm³/mol. The second-order valence-electron chi connectivity index (χ2n) is 6.65. The van der Waals surface area contributed by atoms with E-state index in [9.17, 15) is 22.4 Å². The van der Waals surface area contributed by atoms with Gasteiger partial charge in [-0.2, -0.15) is 0 Å². The Balaban J connectivity index is 2.38. The van der Waals surface area contributed by atoms with Gasteiger partial charge in [0.1, 0.15) is 18.4 Å². The number of hydrogen-bond acceptors (Lipinski definition) is 4. The summed E-state index contributed by atoms with van der Waals surface area (Å²) < 4.78 is 38.7. The lowest BCUT2D eigenvalue weighted by molar-refractivity contribution is -0.139. The first-order valence-corrected chi connectivity index (χ1v) is 11.2. The largest absolute Gasteiger partial charge is 0.357 e. The highest BCUT2D eigenvalue weighted by Gasteiger charge is 2.30. The smallest absolute Gasteiger partial charge is 0.244 e. The van der Waals surface area contributed by atoms with Gasteiger partial charge >= 0.3 is 0 Å². The van der Waals surface area contributed by atoms with Crippen molar-refractivity contribution in [1.82, 2.24) is 10.2 Å². The van der Waals surface area contributed by atoms with Crippen LogP contribution in [0.3, 0.4) is 0 Å². The van der Waals surface area contributed by atoms with Crippen molar-refractivity contribution >= 4 is 39.1 Å². The van der Waals surface area contributed by atoms with Gasteiger partial charge in [-0.25, -0.2) is 12.8 Å². The molecule has 0 aliphatic rings. The van der Waals surface area contributed by atoms with Crippen LogP contribution in [-0.2, 0) is 26.2 Å². The maximum absolute atomic E-state index is 13.3. The molecule has 0 saturated heterocycles. The van der Waals surface area contributed by atoms with E-state index >= 15 is 0 Å². The average Bonchev–Trinajstić information content (AvgIpc) is 2.70. The Morgan fingerprint density at radius 1 is 1.13 bits per heavy atom. The van der Waals surface area contributed by atoms with E-state index in [4.69, 9.17) is 11.6 Å². The Morgan fingerprint density at radius 3 is 2.27 bits per heavy atom. The SMILES string of the molecule is CNC(=O)[C@@H](C)N(Cc1ccccc1Cl)C(=O)CN(c1ccc(F)cc1)S(C)(=O)=O. The number of benzene rings is 2. The molecule has 7 nitrogen and oxygen atoms in total. The molecule has 10 heteroatoms. The van der Waals surface area contributed by atoms with Crippen LogP contribution in [0.4, 0.5) is 10.1 Å². The molecule has 1 N–H and O–H groups in total. The van der Waals surface area contributed by atoms with Crippen LogP contribution < -0.4 is 9.62 Å². The van der Waals surface area contributed by atoms with Crippen LogP contribution in [0.5, 0.6) is 0 Å². The third-order valence-electron chi connectivity index (χ3n) is 4.51. The number of halogens is 2. The summed E-state index contributed by atoms with van der Waals surface area (Å²) in [5.74, 6) is -1.56. The number of nitrogens with one attached hydrogen (secondary N) is 1. The zero-order chi connectivity index (χ0) is 22.5. The van der Waals surface area contributed by atoms with E-state index in [0.29, 0.717) is 10.6 Å². The van der Waals surface area contributed by atoms with Gasteiger partial charge in [0.25, 0.3) is 0 Å². The first-order valence-electron chi connectivity index (χ1n) is 9.02. The third kappa shape index (κ3) is 5.93. The second kappa shape index (κ2) is 9.90. The van der Waals surface area contributed by atoms with E-state index in [2.05, 4.69) is 5.32 Å². The van der Waals surface area contributed by atoms with Crippen molar-refractivity contribution < 1.29 is 22.4 Å². The van der Waals surface area contributed by atoms with Crippen LogP contribution in [0.15, 0.2) is 48.5 Å². The van der Waals surface area contributed by atoms with Gasteiger partial charge < -0.3 is 10.2 Å². The molecular weight excluding hydrogens is 433 g/mol. The molecule has 0 aliphatic heterocycles. The molecule has 1 atom stereocenters. The van der Waals surface area contributed by atoms with Crippen LogP contribution in [0.25, 0.3) is 0 Å². The molecule has 0 unspecified atom stereocenters. The number of hydrogen-bond donors (Lipinski definition) is 1. The van der Waals surface area contributed by atoms with Gasteiger partial charge in [-0.1, -0.05) is 29.8 Å². The molecule has 0 bridgehead atoms. The second-order valence-corrected chi connectivity index (χ2v) is 8.96. The van der Waals surface area contributed by atoms with Crippen LogP contribution in [0.1, 0.15) is 12.5 Å². The normalized spacial score (nSPS) is 12.2. The topological polar surface area (TPSA) is 86.8 Å². The molecule has 2 rings (SSSR count). The molecular formula is C20H23ClFN3O4S. The minimum Gasteiger partial charge on any atom is -0.357 e. The van der Waals surface area contributed by atoms with Crippen molar-refractivity contribution in [2.24, 2.45) is 0 Å². The predicted octanol–water partition coefficient (Wildman–Crippen LogP) is 2.41. The Labute approximate surface area is 180 Å². The maximum Gasteiger partial charge on any atom is 0.244 e. The number of sulfonamides is 1. The number of carbonyl (C=O) groups is 2. The van der Waals surface area contributed by atoms with Gasteiger partial charge in [-0.15, -0.1) is 0 Å². The molecule has 162 valence electrons. The molecule has 0 heterocycles. The molecule has 2 aromatic rings. The Kier molecular flexibility index (Phi) is 7.80. The Hall–Kier alpha value is -2.65. The van der Waals surface area contributed by atoms with E-state index in [1.54, 1.807) is 24.3 Å². The van der Waals surface area contributed by atoms with E-state index < -0.39 is 40.2 Å². The lowest BCUT2D eigenvalue weighted by Crippen LogP contribution is -2.50. The van der Waals surface area contributed by atoms with Crippen LogP contribution >= 0.6 is 11.6 Å². The summed E-state index contributed by atoms with van der Waals surface area (Å²) in [6.45, 7) is 0.987. The van der Waals surface area contributed by atoms with Gasteiger partial charge in [0.2, 0.25) is 21.8 Å². The molecule has 2 amide bonds.